The molecule has 1 amide bonds. The van der Waals surface area contributed by atoms with Crippen LogP contribution in [-0.2, 0) is 20.7 Å². The van der Waals surface area contributed by atoms with Crippen molar-refractivity contribution in [2.45, 2.75) is 6.42 Å². The Labute approximate surface area is 161 Å². The number of nitro groups is 1. The van der Waals surface area contributed by atoms with Crippen LogP contribution in [0.2, 0.25) is 0 Å². The molecule has 0 unspecified atom stereocenters. The van der Waals surface area contributed by atoms with Crippen molar-refractivity contribution in [3.05, 3.63) is 64.2 Å². The number of nitrogens with zero attached hydrogens (tertiary/aromatic N) is 1. The number of hydrogen-bond acceptors (Lipinski definition) is 7. The van der Waals surface area contributed by atoms with E-state index in [1.807, 2.05) is 24.3 Å². The first-order valence-corrected chi connectivity index (χ1v) is 8.40. The van der Waals surface area contributed by atoms with E-state index >= 15 is 0 Å². The van der Waals surface area contributed by atoms with Crippen LogP contribution in [0.3, 0.4) is 0 Å². The second-order valence-electron chi connectivity index (χ2n) is 5.65. The molecule has 2 aromatic carbocycles. The summed E-state index contributed by atoms with van der Waals surface area (Å²) < 4.78 is 15.0. The molecular weight excluding hydrogens is 368 g/mol. The normalized spacial score (nSPS) is 10.0. The van der Waals surface area contributed by atoms with Crippen molar-refractivity contribution in [3.8, 4) is 11.5 Å². The van der Waals surface area contributed by atoms with Gasteiger partial charge < -0.3 is 19.5 Å². The summed E-state index contributed by atoms with van der Waals surface area (Å²) in [6.07, 6.45) is 0.632. The van der Waals surface area contributed by atoms with E-state index in [0.717, 1.165) is 11.3 Å². The molecule has 2 rings (SSSR count). The van der Waals surface area contributed by atoms with Gasteiger partial charge in [-0.1, -0.05) is 12.1 Å². The highest BCUT2D eigenvalue weighted by atomic mass is 16.6. The molecule has 0 spiro atoms. The fourth-order valence-corrected chi connectivity index (χ4v) is 2.18. The third-order valence-corrected chi connectivity index (χ3v) is 3.66. The highest BCUT2D eigenvalue weighted by Crippen LogP contribution is 2.17. The van der Waals surface area contributed by atoms with E-state index in [2.05, 4.69) is 5.32 Å². The van der Waals surface area contributed by atoms with Gasteiger partial charge in [-0.3, -0.25) is 14.9 Å². The van der Waals surface area contributed by atoms with Gasteiger partial charge in [0, 0.05) is 18.7 Å². The first-order valence-electron chi connectivity index (χ1n) is 8.40. The molecule has 148 valence electrons. The standard InChI is InChI=1S/C19H20N2O7/c1-26-16-6-2-14(3-7-16)10-11-20-18(22)12-28-19(23)13-27-17-8-4-15(5-9-17)21(24)25/h2-9H,10-13H2,1H3,(H,20,22). The minimum atomic E-state index is -0.719. The molecule has 9 heteroatoms. The van der Waals surface area contributed by atoms with E-state index in [-0.39, 0.29) is 11.4 Å². The van der Waals surface area contributed by atoms with Gasteiger partial charge >= 0.3 is 5.97 Å². The predicted molar refractivity (Wildman–Crippen MR) is 99.3 cm³/mol. The van der Waals surface area contributed by atoms with Crippen LogP contribution in [-0.4, -0.2) is 43.7 Å². The molecule has 0 aliphatic heterocycles. The molecule has 2 aromatic rings. The Morgan fingerprint density at radius 1 is 1.00 bits per heavy atom. The zero-order valence-corrected chi connectivity index (χ0v) is 15.3. The average Bonchev–Trinajstić information content (AvgIpc) is 2.71. The quantitative estimate of drug-likeness (QED) is 0.375. The van der Waals surface area contributed by atoms with Gasteiger partial charge in [0.25, 0.3) is 11.6 Å². The molecule has 0 heterocycles. The second kappa shape index (κ2) is 10.5. The van der Waals surface area contributed by atoms with Crippen molar-refractivity contribution in [3.63, 3.8) is 0 Å². The Balaban J connectivity index is 1.62. The van der Waals surface area contributed by atoms with Gasteiger partial charge in [0.1, 0.15) is 11.5 Å². The molecule has 1 N–H and O–H groups in total. The summed E-state index contributed by atoms with van der Waals surface area (Å²) in [6.45, 7) is -0.413. The molecule has 0 saturated heterocycles. The number of methoxy groups -OCH3 is 1. The second-order valence-corrected chi connectivity index (χ2v) is 5.65. The van der Waals surface area contributed by atoms with Crippen molar-refractivity contribution in [1.82, 2.24) is 5.32 Å². The zero-order chi connectivity index (χ0) is 20.4. The number of nitrogens with one attached hydrogen (secondary N) is 1. The topological polar surface area (TPSA) is 117 Å². The molecule has 9 nitrogen and oxygen atoms in total. The Morgan fingerprint density at radius 2 is 1.64 bits per heavy atom. The van der Waals surface area contributed by atoms with Crippen LogP contribution in [0.25, 0.3) is 0 Å². The van der Waals surface area contributed by atoms with Gasteiger partial charge in [-0.2, -0.15) is 0 Å². The molecule has 0 atom stereocenters. The van der Waals surface area contributed by atoms with E-state index in [1.165, 1.54) is 24.3 Å². The summed E-state index contributed by atoms with van der Waals surface area (Å²) in [4.78, 5) is 33.3. The van der Waals surface area contributed by atoms with Gasteiger partial charge in [-0.15, -0.1) is 0 Å². The Morgan fingerprint density at radius 3 is 2.25 bits per heavy atom. The zero-order valence-electron chi connectivity index (χ0n) is 15.3. The lowest BCUT2D eigenvalue weighted by atomic mass is 10.1. The number of non-ortho nitro benzene ring substituents is 1. The first kappa shape index (κ1) is 20.7. The smallest absolute Gasteiger partial charge is 0.344 e. The molecule has 0 aliphatic carbocycles. The van der Waals surface area contributed by atoms with Crippen LogP contribution in [0.5, 0.6) is 11.5 Å². The van der Waals surface area contributed by atoms with E-state index < -0.39 is 30.0 Å². The summed E-state index contributed by atoms with van der Waals surface area (Å²) in [5, 5.41) is 13.2. The third kappa shape index (κ3) is 6.94. The molecular formula is C19H20N2O7. The number of carbonyl (C=O) groups is 2. The minimum absolute atomic E-state index is 0.0822. The van der Waals surface area contributed by atoms with Crippen molar-refractivity contribution in [2.24, 2.45) is 0 Å². The molecule has 28 heavy (non-hydrogen) atoms. The lowest BCUT2D eigenvalue weighted by Crippen LogP contribution is -2.31. The summed E-state index contributed by atoms with van der Waals surface area (Å²) in [6, 6.07) is 12.7. The SMILES string of the molecule is COc1ccc(CCNC(=O)COC(=O)COc2ccc([N+](=O)[O-])cc2)cc1. The van der Waals surface area contributed by atoms with Crippen LogP contribution < -0.4 is 14.8 Å². The average molecular weight is 388 g/mol. The van der Waals surface area contributed by atoms with E-state index in [4.69, 9.17) is 14.2 Å². The maximum absolute atomic E-state index is 11.7. The van der Waals surface area contributed by atoms with Crippen molar-refractivity contribution < 1.29 is 28.7 Å². The van der Waals surface area contributed by atoms with Crippen LogP contribution in [0.1, 0.15) is 5.56 Å². The maximum Gasteiger partial charge on any atom is 0.344 e. The highest BCUT2D eigenvalue weighted by molar-refractivity contribution is 5.80. The molecule has 0 saturated carbocycles. The van der Waals surface area contributed by atoms with Crippen molar-refractivity contribution in [2.75, 3.05) is 26.9 Å². The lowest BCUT2D eigenvalue weighted by molar-refractivity contribution is -0.384. The summed E-state index contributed by atoms with van der Waals surface area (Å²) in [7, 11) is 1.59. The third-order valence-electron chi connectivity index (χ3n) is 3.66. The molecule has 0 fully saturated rings. The van der Waals surface area contributed by atoms with E-state index in [9.17, 15) is 19.7 Å². The summed E-state index contributed by atoms with van der Waals surface area (Å²) in [5.74, 6) is -0.0945. The van der Waals surface area contributed by atoms with Crippen LogP contribution in [0.4, 0.5) is 5.69 Å². The lowest BCUT2D eigenvalue weighted by Gasteiger charge is -2.08. The maximum atomic E-state index is 11.7. The molecule has 0 aromatic heterocycles. The van der Waals surface area contributed by atoms with E-state index in [1.54, 1.807) is 7.11 Å². The van der Waals surface area contributed by atoms with Gasteiger partial charge in [0.05, 0.1) is 12.0 Å². The number of hydrogen-bond donors (Lipinski definition) is 1. The number of nitro benzene ring substituents is 1. The number of amides is 1. The molecule has 0 aliphatic rings. The van der Waals surface area contributed by atoms with Crippen LogP contribution in [0.15, 0.2) is 48.5 Å². The van der Waals surface area contributed by atoms with Gasteiger partial charge in [0.15, 0.2) is 13.2 Å². The van der Waals surface area contributed by atoms with Crippen LogP contribution in [0, 0.1) is 10.1 Å². The van der Waals surface area contributed by atoms with Gasteiger partial charge in [0.2, 0.25) is 0 Å². The first-order chi connectivity index (χ1) is 13.5. The van der Waals surface area contributed by atoms with Crippen molar-refractivity contribution >= 4 is 17.6 Å². The number of benzene rings is 2. The fourth-order valence-electron chi connectivity index (χ4n) is 2.18. The fraction of sp³-hybridized carbons (Fsp3) is 0.263. The monoisotopic (exact) mass is 388 g/mol. The number of esters is 1. The summed E-state index contributed by atoms with van der Waals surface area (Å²) >= 11 is 0. The Hall–Kier alpha value is -3.62. The Kier molecular flexibility index (Phi) is 7.77. The van der Waals surface area contributed by atoms with Crippen LogP contribution >= 0.6 is 0 Å². The van der Waals surface area contributed by atoms with Crippen molar-refractivity contribution in [1.29, 1.82) is 0 Å². The van der Waals surface area contributed by atoms with Gasteiger partial charge in [-0.25, -0.2) is 4.79 Å². The largest absolute Gasteiger partial charge is 0.497 e. The molecule has 0 radical (unpaired) electrons. The minimum Gasteiger partial charge on any atom is -0.497 e. The number of carbonyl (C=O) groups excluding carboxylic acids is 2. The number of rotatable bonds is 10. The highest BCUT2D eigenvalue weighted by Gasteiger charge is 2.09. The Bertz CT molecular complexity index is 804. The molecule has 0 bridgehead atoms. The summed E-state index contributed by atoms with van der Waals surface area (Å²) in [5.41, 5.74) is 0.954. The van der Waals surface area contributed by atoms with E-state index in [0.29, 0.717) is 13.0 Å². The predicted octanol–water partition coefficient (Wildman–Crippen LogP) is 1.88. The number of ether oxygens (including phenoxy) is 3. The van der Waals surface area contributed by atoms with Gasteiger partial charge in [-0.05, 0) is 36.2 Å².